The minimum Gasteiger partial charge on any atom is -0.334 e. The molecular formula is C25H26N6O4. The Bertz CT molecular complexity index is 1280. The Kier molecular flexibility index (Phi) is 5.94. The normalized spacial score (nSPS) is 21.7. The number of aromatic nitrogens is 2. The van der Waals surface area contributed by atoms with Crippen molar-refractivity contribution in [2.24, 2.45) is 5.92 Å². The summed E-state index contributed by atoms with van der Waals surface area (Å²) in [5, 5.41) is 8.05. The molecule has 0 saturated carbocycles. The van der Waals surface area contributed by atoms with E-state index in [0.29, 0.717) is 37.2 Å². The standard InChI is InChI=1S/C25H26N6O4/c1-15-26-9-10-30(15)19-4-2-3-18(12-19)28-25(35)27-13-16-5-6-20-17(11-16)14-31(24(20)34)21-7-8-22(32)29-23(21)33/h2-6,9-10,12,17,21H,7-8,11,13-14H2,1H3,(H2,27,28,35)(H,29,32,33). The van der Waals surface area contributed by atoms with Gasteiger partial charge in [-0.1, -0.05) is 23.8 Å². The molecule has 0 bridgehead atoms. The van der Waals surface area contributed by atoms with Crippen LogP contribution in [0.15, 0.2) is 60.0 Å². The van der Waals surface area contributed by atoms with Crippen molar-refractivity contribution in [2.75, 3.05) is 18.4 Å². The molecule has 1 aromatic carbocycles. The van der Waals surface area contributed by atoms with Crippen molar-refractivity contribution in [3.63, 3.8) is 0 Å². The molecule has 0 radical (unpaired) electrons. The Hall–Kier alpha value is -4.21. The molecule has 1 aliphatic carbocycles. The lowest BCUT2D eigenvalue weighted by atomic mass is 9.89. The molecule has 2 aromatic rings. The van der Waals surface area contributed by atoms with Gasteiger partial charge in [-0.15, -0.1) is 0 Å². The highest BCUT2D eigenvalue weighted by molar-refractivity contribution is 6.05. The van der Waals surface area contributed by atoms with Gasteiger partial charge in [0.2, 0.25) is 11.8 Å². The topological polar surface area (TPSA) is 125 Å². The first kappa shape index (κ1) is 22.6. The first-order chi connectivity index (χ1) is 16.9. The fourth-order valence-electron chi connectivity index (χ4n) is 4.87. The number of hydrogen-bond donors (Lipinski definition) is 3. The summed E-state index contributed by atoms with van der Waals surface area (Å²) in [6.07, 6.45) is 8.44. The van der Waals surface area contributed by atoms with E-state index in [2.05, 4.69) is 20.9 Å². The van der Waals surface area contributed by atoms with E-state index in [9.17, 15) is 19.2 Å². The van der Waals surface area contributed by atoms with Crippen LogP contribution in [0.25, 0.3) is 5.69 Å². The lowest BCUT2D eigenvalue weighted by Crippen LogP contribution is -2.53. The van der Waals surface area contributed by atoms with Crippen molar-refractivity contribution in [2.45, 2.75) is 32.2 Å². The van der Waals surface area contributed by atoms with Gasteiger partial charge in [0.25, 0.3) is 5.91 Å². The number of amides is 5. The summed E-state index contributed by atoms with van der Waals surface area (Å²) in [6.45, 7) is 2.69. The van der Waals surface area contributed by atoms with Gasteiger partial charge in [-0.05, 0) is 38.0 Å². The van der Waals surface area contributed by atoms with Crippen LogP contribution in [0.4, 0.5) is 10.5 Å². The summed E-state index contributed by atoms with van der Waals surface area (Å²) in [5.74, 6) is -0.0461. The van der Waals surface area contributed by atoms with Crippen molar-refractivity contribution < 1.29 is 19.2 Å². The molecule has 2 unspecified atom stereocenters. The van der Waals surface area contributed by atoms with Crippen LogP contribution < -0.4 is 16.0 Å². The Balaban J connectivity index is 1.16. The highest BCUT2D eigenvalue weighted by Crippen LogP contribution is 2.35. The maximum Gasteiger partial charge on any atom is 0.319 e. The van der Waals surface area contributed by atoms with Crippen LogP contribution in [0, 0.1) is 12.8 Å². The zero-order valence-electron chi connectivity index (χ0n) is 19.3. The molecule has 1 aromatic heterocycles. The quantitative estimate of drug-likeness (QED) is 0.570. The van der Waals surface area contributed by atoms with Crippen molar-refractivity contribution in [3.05, 3.63) is 65.8 Å². The third kappa shape index (κ3) is 4.59. The van der Waals surface area contributed by atoms with Crippen molar-refractivity contribution in [1.29, 1.82) is 0 Å². The van der Waals surface area contributed by atoms with Gasteiger partial charge in [-0.2, -0.15) is 0 Å². The molecule has 2 aliphatic heterocycles. The summed E-state index contributed by atoms with van der Waals surface area (Å²) >= 11 is 0. The van der Waals surface area contributed by atoms with E-state index in [0.717, 1.165) is 17.1 Å². The second-order valence-corrected chi connectivity index (χ2v) is 8.97. The Labute approximate surface area is 202 Å². The SMILES string of the molecule is Cc1nccn1-c1cccc(NC(=O)NCC2=CC=C3C(=O)N(C4CCC(=O)NC4=O)CC3C2)c1. The molecule has 35 heavy (non-hydrogen) atoms. The highest BCUT2D eigenvalue weighted by atomic mass is 16.2. The van der Waals surface area contributed by atoms with E-state index < -0.39 is 11.9 Å². The zero-order valence-corrected chi connectivity index (χ0v) is 19.3. The molecule has 2 fully saturated rings. The molecule has 0 spiro atoms. The number of benzene rings is 1. The van der Waals surface area contributed by atoms with Gasteiger partial charge in [0.15, 0.2) is 0 Å². The van der Waals surface area contributed by atoms with Crippen LogP contribution in [0.3, 0.4) is 0 Å². The summed E-state index contributed by atoms with van der Waals surface area (Å²) in [7, 11) is 0. The monoisotopic (exact) mass is 474 g/mol. The first-order valence-electron chi connectivity index (χ1n) is 11.6. The van der Waals surface area contributed by atoms with Crippen molar-refractivity contribution in [3.8, 4) is 5.69 Å². The first-order valence-corrected chi connectivity index (χ1v) is 11.6. The number of anilines is 1. The number of likely N-dealkylation sites (tertiary alicyclic amines) is 1. The van der Waals surface area contributed by atoms with Crippen molar-refractivity contribution >= 4 is 29.4 Å². The van der Waals surface area contributed by atoms with E-state index >= 15 is 0 Å². The molecule has 2 saturated heterocycles. The maximum atomic E-state index is 12.9. The van der Waals surface area contributed by atoms with Crippen LogP contribution in [0.2, 0.25) is 0 Å². The molecule has 10 nitrogen and oxygen atoms in total. The second-order valence-electron chi connectivity index (χ2n) is 8.97. The van der Waals surface area contributed by atoms with Crippen LogP contribution in [0.5, 0.6) is 0 Å². The fourth-order valence-corrected chi connectivity index (χ4v) is 4.87. The third-order valence-electron chi connectivity index (χ3n) is 6.64. The third-order valence-corrected chi connectivity index (χ3v) is 6.64. The Morgan fingerprint density at radius 2 is 2.09 bits per heavy atom. The number of nitrogens with one attached hydrogen (secondary N) is 3. The highest BCUT2D eigenvalue weighted by Gasteiger charge is 2.43. The number of allylic oxidation sites excluding steroid dienone is 2. The number of imide groups is 1. The van der Waals surface area contributed by atoms with E-state index in [1.165, 1.54) is 0 Å². The molecule has 2 atom stereocenters. The summed E-state index contributed by atoms with van der Waals surface area (Å²) < 4.78 is 1.93. The average Bonchev–Trinajstić information content (AvgIpc) is 3.41. The van der Waals surface area contributed by atoms with Crippen LogP contribution in [-0.2, 0) is 14.4 Å². The molecule has 5 amide bonds. The van der Waals surface area contributed by atoms with Gasteiger partial charge in [-0.25, -0.2) is 9.78 Å². The lowest BCUT2D eigenvalue weighted by molar-refractivity contribution is -0.142. The number of piperidine rings is 1. The summed E-state index contributed by atoms with van der Waals surface area (Å²) in [5.41, 5.74) is 3.23. The van der Waals surface area contributed by atoms with Crippen LogP contribution >= 0.6 is 0 Å². The van der Waals surface area contributed by atoms with Gasteiger partial charge in [0, 0.05) is 54.8 Å². The number of urea groups is 1. The van der Waals surface area contributed by atoms with Gasteiger partial charge < -0.3 is 20.1 Å². The Morgan fingerprint density at radius 3 is 2.86 bits per heavy atom. The number of nitrogens with zero attached hydrogens (tertiary/aromatic N) is 3. The average molecular weight is 475 g/mol. The summed E-state index contributed by atoms with van der Waals surface area (Å²) in [4.78, 5) is 54.8. The minimum atomic E-state index is -0.610. The van der Waals surface area contributed by atoms with Crippen LogP contribution in [0.1, 0.15) is 25.1 Å². The van der Waals surface area contributed by atoms with Gasteiger partial charge in [0.05, 0.1) is 0 Å². The number of rotatable bonds is 5. The number of imidazole rings is 1. The van der Waals surface area contributed by atoms with Crippen LogP contribution in [-0.4, -0.2) is 57.3 Å². The predicted molar refractivity (Wildman–Crippen MR) is 127 cm³/mol. The molecular weight excluding hydrogens is 448 g/mol. The van der Waals surface area contributed by atoms with E-state index in [-0.39, 0.29) is 30.2 Å². The number of hydrogen-bond acceptors (Lipinski definition) is 5. The van der Waals surface area contributed by atoms with E-state index in [1.54, 1.807) is 17.2 Å². The molecule has 3 N–H and O–H groups in total. The number of carbonyl (C=O) groups excluding carboxylic acids is 4. The molecule has 180 valence electrons. The van der Waals surface area contributed by atoms with Gasteiger partial charge in [0.1, 0.15) is 11.9 Å². The molecule has 3 heterocycles. The smallest absolute Gasteiger partial charge is 0.319 e. The largest absolute Gasteiger partial charge is 0.334 e. The maximum absolute atomic E-state index is 12.9. The minimum absolute atomic E-state index is 0.0344. The fraction of sp³-hybridized carbons (Fsp3) is 0.320. The van der Waals surface area contributed by atoms with Crippen molar-refractivity contribution in [1.82, 2.24) is 25.1 Å². The van der Waals surface area contributed by atoms with E-state index in [4.69, 9.17) is 0 Å². The number of carbonyl (C=O) groups is 4. The molecule has 10 heteroatoms. The van der Waals surface area contributed by atoms with Gasteiger partial charge >= 0.3 is 6.03 Å². The predicted octanol–water partition coefficient (Wildman–Crippen LogP) is 1.82. The lowest BCUT2D eigenvalue weighted by Gasteiger charge is -2.29. The summed E-state index contributed by atoms with van der Waals surface area (Å²) in [6, 6.07) is 6.56. The molecule has 3 aliphatic rings. The second kappa shape index (κ2) is 9.21. The Morgan fingerprint density at radius 1 is 1.23 bits per heavy atom. The van der Waals surface area contributed by atoms with Gasteiger partial charge in [-0.3, -0.25) is 19.7 Å². The number of aryl methyl sites for hydroxylation is 1. The zero-order chi connectivity index (χ0) is 24.5. The van der Waals surface area contributed by atoms with E-state index in [1.807, 2.05) is 48.0 Å². The number of fused-ring (bicyclic) bond motifs is 1. The molecule has 5 rings (SSSR count).